The van der Waals surface area contributed by atoms with Crippen molar-refractivity contribution in [3.63, 3.8) is 0 Å². The van der Waals surface area contributed by atoms with E-state index in [1.165, 1.54) is 16.8 Å². The van der Waals surface area contributed by atoms with Crippen LogP contribution in [0.15, 0.2) is 12.3 Å². The molecule has 0 bridgehead atoms. The summed E-state index contributed by atoms with van der Waals surface area (Å²) in [6.07, 6.45) is 4.08. The Morgan fingerprint density at radius 3 is 2.23 bits per heavy atom. The molecule has 0 aliphatic heterocycles. The van der Waals surface area contributed by atoms with Gasteiger partial charge < -0.3 is 0 Å². The Bertz CT molecular complexity index is 241. The molecule has 0 spiro atoms. The van der Waals surface area contributed by atoms with Crippen LogP contribution in [0.3, 0.4) is 0 Å². The zero-order chi connectivity index (χ0) is 10.3. The van der Waals surface area contributed by atoms with E-state index >= 15 is 0 Å². The van der Waals surface area contributed by atoms with E-state index in [1.807, 2.05) is 20.0 Å². The molecule has 1 rings (SSSR count). The van der Waals surface area contributed by atoms with Crippen molar-refractivity contribution in [3.8, 4) is 0 Å². The number of aryl methyl sites for hydroxylation is 3. The summed E-state index contributed by atoms with van der Waals surface area (Å²) in [5, 5.41) is 0. The highest BCUT2D eigenvalue weighted by Gasteiger charge is 1.98. The molecule has 0 fully saturated rings. The van der Waals surface area contributed by atoms with Crippen LogP contribution >= 0.6 is 0 Å². The Hall–Kier alpha value is -0.850. The number of rotatable bonds is 2. The Kier molecular flexibility index (Phi) is 6.21. The van der Waals surface area contributed by atoms with Crippen molar-refractivity contribution in [2.45, 2.75) is 47.5 Å². The molecular weight excluding hydrogens is 158 g/mol. The molecule has 0 saturated carbocycles. The highest BCUT2D eigenvalue weighted by atomic mass is 14.7. The molecule has 0 radical (unpaired) electrons. The monoisotopic (exact) mass is 179 g/mol. The van der Waals surface area contributed by atoms with Gasteiger partial charge in [0.1, 0.15) is 0 Å². The fourth-order valence-corrected chi connectivity index (χ4v) is 1.28. The summed E-state index contributed by atoms with van der Waals surface area (Å²) in [6.45, 7) is 10.4. The molecular formula is C12H21N. The maximum absolute atomic E-state index is 4.37. The summed E-state index contributed by atoms with van der Waals surface area (Å²) in [7, 11) is 0. The number of pyridine rings is 1. The number of hydrogen-bond acceptors (Lipinski definition) is 1. The maximum Gasteiger partial charge on any atom is 0.0432 e. The Morgan fingerprint density at radius 1 is 1.15 bits per heavy atom. The molecule has 0 amide bonds. The summed E-state index contributed by atoms with van der Waals surface area (Å²) in [5.41, 5.74) is 3.91. The van der Waals surface area contributed by atoms with Crippen molar-refractivity contribution in [2.24, 2.45) is 0 Å². The van der Waals surface area contributed by atoms with Crippen LogP contribution in [0.25, 0.3) is 0 Å². The van der Waals surface area contributed by atoms with Crippen molar-refractivity contribution >= 4 is 0 Å². The molecule has 0 atom stereocenters. The molecule has 1 nitrogen and oxygen atoms in total. The van der Waals surface area contributed by atoms with Crippen molar-refractivity contribution in [3.05, 3.63) is 29.1 Å². The van der Waals surface area contributed by atoms with Crippen LogP contribution in [0, 0.1) is 6.92 Å². The van der Waals surface area contributed by atoms with Crippen LogP contribution in [0.4, 0.5) is 0 Å². The van der Waals surface area contributed by atoms with Gasteiger partial charge in [-0.3, -0.25) is 4.98 Å². The lowest BCUT2D eigenvalue weighted by molar-refractivity contribution is 0.956. The number of hydrogen-bond donors (Lipinski definition) is 0. The summed E-state index contributed by atoms with van der Waals surface area (Å²) < 4.78 is 0. The van der Waals surface area contributed by atoms with Crippen molar-refractivity contribution in [1.82, 2.24) is 4.98 Å². The zero-order valence-corrected chi connectivity index (χ0v) is 9.52. The van der Waals surface area contributed by atoms with Crippen molar-refractivity contribution < 1.29 is 0 Å². The Labute approximate surface area is 82.2 Å². The van der Waals surface area contributed by atoms with Gasteiger partial charge in [-0.25, -0.2) is 0 Å². The van der Waals surface area contributed by atoms with Gasteiger partial charge in [0.05, 0.1) is 0 Å². The van der Waals surface area contributed by atoms with Gasteiger partial charge in [0.15, 0.2) is 0 Å². The molecule has 0 aliphatic carbocycles. The minimum Gasteiger partial charge on any atom is -0.261 e. The van der Waals surface area contributed by atoms with Gasteiger partial charge in [0, 0.05) is 11.9 Å². The lowest BCUT2D eigenvalue weighted by Gasteiger charge is -2.04. The molecule has 0 N–H and O–H groups in total. The number of nitrogens with zero attached hydrogens (tertiary/aromatic N) is 1. The molecule has 74 valence electrons. The first-order chi connectivity index (χ1) is 6.27. The average Bonchev–Trinajstić information content (AvgIpc) is 2.20. The standard InChI is InChI=1S/C10H15N.C2H6/c1-4-9-6-8(3)7-11-10(9)5-2;1-2/h6-7H,4-5H2,1-3H3;1-2H3. The minimum atomic E-state index is 1.05. The largest absolute Gasteiger partial charge is 0.261 e. The first-order valence-corrected chi connectivity index (χ1v) is 5.22. The van der Waals surface area contributed by atoms with Gasteiger partial charge in [-0.1, -0.05) is 33.8 Å². The third-order valence-corrected chi connectivity index (χ3v) is 1.91. The molecule has 1 heterocycles. The van der Waals surface area contributed by atoms with E-state index in [0.717, 1.165) is 12.8 Å². The normalized spacial score (nSPS) is 9.00. The van der Waals surface area contributed by atoms with Crippen LogP contribution in [0.2, 0.25) is 0 Å². The van der Waals surface area contributed by atoms with E-state index in [1.54, 1.807) is 0 Å². The average molecular weight is 179 g/mol. The molecule has 1 aromatic heterocycles. The molecule has 13 heavy (non-hydrogen) atoms. The van der Waals surface area contributed by atoms with Crippen LogP contribution in [0.5, 0.6) is 0 Å². The summed E-state index contributed by atoms with van der Waals surface area (Å²) in [6, 6.07) is 2.23. The highest BCUT2D eigenvalue weighted by Crippen LogP contribution is 2.09. The molecule has 1 heteroatoms. The van der Waals surface area contributed by atoms with E-state index in [9.17, 15) is 0 Å². The Balaban J connectivity index is 0.000000671. The van der Waals surface area contributed by atoms with Gasteiger partial charge >= 0.3 is 0 Å². The second-order valence-electron chi connectivity index (χ2n) is 2.83. The lowest BCUT2D eigenvalue weighted by atomic mass is 10.1. The van der Waals surface area contributed by atoms with Gasteiger partial charge in [-0.05, 0) is 30.9 Å². The van der Waals surface area contributed by atoms with E-state index in [4.69, 9.17) is 0 Å². The van der Waals surface area contributed by atoms with Gasteiger partial charge in [0.2, 0.25) is 0 Å². The van der Waals surface area contributed by atoms with Crippen molar-refractivity contribution in [1.29, 1.82) is 0 Å². The summed E-state index contributed by atoms with van der Waals surface area (Å²) in [4.78, 5) is 4.37. The van der Waals surface area contributed by atoms with Crippen LogP contribution < -0.4 is 0 Å². The second-order valence-corrected chi connectivity index (χ2v) is 2.83. The maximum atomic E-state index is 4.37. The highest BCUT2D eigenvalue weighted by molar-refractivity contribution is 5.24. The molecule has 0 unspecified atom stereocenters. The first-order valence-electron chi connectivity index (χ1n) is 5.22. The predicted octanol–water partition coefficient (Wildman–Crippen LogP) is 3.54. The van der Waals surface area contributed by atoms with Gasteiger partial charge in [-0.2, -0.15) is 0 Å². The third-order valence-electron chi connectivity index (χ3n) is 1.91. The van der Waals surface area contributed by atoms with E-state index in [0.29, 0.717) is 0 Å². The smallest absolute Gasteiger partial charge is 0.0432 e. The second kappa shape index (κ2) is 6.64. The minimum absolute atomic E-state index is 1.05. The third kappa shape index (κ3) is 3.58. The fourth-order valence-electron chi connectivity index (χ4n) is 1.28. The van der Waals surface area contributed by atoms with Gasteiger partial charge in [0.25, 0.3) is 0 Å². The Morgan fingerprint density at radius 2 is 1.77 bits per heavy atom. The molecule has 0 aliphatic rings. The van der Waals surface area contributed by atoms with E-state index < -0.39 is 0 Å². The fraction of sp³-hybridized carbons (Fsp3) is 0.583. The predicted molar refractivity (Wildman–Crippen MR) is 59.1 cm³/mol. The summed E-state index contributed by atoms with van der Waals surface area (Å²) >= 11 is 0. The van der Waals surface area contributed by atoms with Crippen LogP contribution in [-0.2, 0) is 12.8 Å². The van der Waals surface area contributed by atoms with Crippen LogP contribution in [0.1, 0.15) is 44.5 Å². The van der Waals surface area contributed by atoms with Gasteiger partial charge in [-0.15, -0.1) is 0 Å². The lowest BCUT2D eigenvalue weighted by Crippen LogP contribution is -1.95. The molecule has 0 saturated heterocycles. The first kappa shape index (κ1) is 12.2. The molecule has 1 aromatic rings. The van der Waals surface area contributed by atoms with E-state index in [-0.39, 0.29) is 0 Å². The number of aromatic nitrogens is 1. The zero-order valence-electron chi connectivity index (χ0n) is 9.52. The molecule has 0 aromatic carbocycles. The SMILES string of the molecule is CC.CCc1cc(C)cnc1CC. The summed E-state index contributed by atoms with van der Waals surface area (Å²) in [5.74, 6) is 0. The van der Waals surface area contributed by atoms with E-state index in [2.05, 4.69) is 31.8 Å². The topological polar surface area (TPSA) is 12.9 Å². The quantitative estimate of drug-likeness (QED) is 0.676. The van der Waals surface area contributed by atoms with Crippen LogP contribution in [-0.4, -0.2) is 4.98 Å². The van der Waals surface area contributed by atoms with Crippen molar-refractivity contribution in [2.75, 3.05) is 0 Å².